The molecule has 0 spiro atoms. The number of amides is 3. The van der Waals surface area contributed by atoms with Crippen molar-refractivity contribution in [3.63, 3.8) is 0 Å². The van der Waals surface area contributed by atoms with Crippen LogP contribution in [0.25, 0.3) is 10.9 Å². The van der Waals surface area contributed by atoms with Crippen molar-refractivity contribution in [2.75, 3.05) is 10.7 Å². The number of hydrogen-bond acceptors (Lipinski definition) is 3. The number of benzene rings is 3. The van der Waals surface area contributed by atoms with E-state index in [0.717, 1.165) is 26.5 Å². The summed E-state index contributed by atoms with van der Waals surface area (Å²) in [5.74, 6) is -2.10. The van der Waals surface area contributed by atoms with E-state index in [4.69, 9.17) is 0 Å². The number of carbonyl (C=O) groups is 3. The highest BCUT2D eigenvalue weighted by Crippen LogP contribution is 2.25. The monoisotopic (exact) mass is 532 g/mol. The molecule has 3 N–H and O–H groups in total. The highest BCUT2D eigenvalue weighted by molar-refractivity contribution is 9.10. The maximum atomic E-state index is 13.3. The van der Waals surface area contributed by atoms with Gasteiger partial charge in [0, 0.05) is 15.5 Å². The molecule has 0 saturated heterocycles. The van der Waals surface area contributed by atoms with Crippen LogP contribution in [-0.4, -0.2) is 22.4 Å². The molecule has 0 radical (unpaired) electrons. The Hall–Kier alpha value is -3.91. The molecule has 0 bridgehead atoms. The molecule has 0 fully saturated rings. The van der Waals surface area contributed by atoms with Gasteiger partial charge in [0.1, 0.15) is 5.69 Å². The zero-order valence-electron chi connectivity index (χ0n) is 19.6. The molecule has 1 heterocycles. The summed E-state index contributed by atoms with van der Waals surface area (Å²) in [7, 11) is 0. The molecule has 4 aromatic rings. The van der Waals surface area contributed by atoms with Crippen LogP contribution in [0.1, 0.15) is 40.1 Å². The normalized spacial score (nSPS) is 11.7. The van der Waals surface area contributed by atoms with Gasteiger partial charge in [0.25, 0.3) is 5.91 Å². The van der Waals surface area contributed by atoms with Crippen LogP contribution in [0.4, 0.5) is 5.69 Å². The fourth-order valence-corrected chi connectivity index (χ4v) is 4.16. The fourth-order valence-electron chi connectivity index (χ4n) is 3.79. The first kappa shape index (κ1) is 24.2. The Morgan fingerprint density at radius 3 is 2.37 bits per heavy atom. The van der Waals surface area contributed by atoms with Gasteiger partial charge in [0.05, 0.1) is 11.6 Å². The van der Waals surface area contributed by atoms with Gasteiger partial charge in [-0.25, -0.2) is 4.68 Å². The second-order valence-electron chi connectivity index (χ2n) is 8.32. The predicted octanol–water partition coefficient (Wildman–Crippen LogP) is 5.22. The van der Waals surface area contributed by atoms with Crippen molar-refractivity contribution in [1.29, 1.82) is 0 Å². The number of anilines is 1. The molecular formula is C27H25BrN4O3. The lowest BCUT2D eigenvalue weighted by atomic mass is 10.1. The minimum absolute atomic E-state index is 0.191. The second kappa shape index (κ2) is 10.1. The lowest BCUT2D eigenvalue weighted by Gasteiger charge is -2.16. The van der Waals surface area contributed by atoms with E-state index >= 15 is 0 Å². The average molecular weight is 533 g/mol. The first-order chi connectivity index (χ1) is 16.7. The summed E-state index contributed by atoms with van der Waals surface area (Å²) in [6.45, 7) is 5.69. The number of fused-ring (bicyclic) bond motifs is 1. The topological polar surface area (TPSA) is 92.2 Å². The summed E-state index contributed by atoms with van der Waals surface area (Å²) in [5.41, 5.74) is 6.91. The summed E-state index contributed by atoms with van der Waals surface area (Å²) < 4.78 is 2.17. The lowest BCUT2D eigenvalue weighted by molar-refractivity contribution is -0.137. The molecule has 7 nitrogen and oxygen atoms in total. The smallest absolute Gasteiger partial charge is 0.328 e. The Morgan fingerprint density at radius 2 is 1.63 bits per heavy atom. The van der Waals surface area contributed by atoms with Gasteiger partial charge in [0.2, 0.25) is 0 Å². The molecular weight excluding hydrogens is 508 g/mol. The van der Waals surface area contributed by atoms with Crippen LogP contribution in [0.2, 0.25) is 0 Å². The van der Waals surface area contributed by atoms with Crippen molar-refractivity contribution in [3.05, 3.63) is 99.7 Å². The third kappa shape index (κ3) is 5.27. The Kier molecular flexibility index (Phi) is 7.02. The van der Waals surface area contributed by atoms with Crippen LogP contribution >= 0.6 is 15.9 Å². The first-order valence-corrected chi connectivity index (χ1v) is 11.9. The van der Waals surface area contributed by atoms with Gasteiger partial charge in [-0.15, -0.1) is 0 Å². The van der Waals surface area contributed by atoms with Gasteiger partial charge in [-0.3, -0.25) is 19.8 Å². The minimum atomic E-state index is -0.881. The van der Waals surface area contributed by atoms with Crippen molar-refractivity contribution >= 4 is 50.2 Å². The van der Waals surface area contributed by atoms with Gasteiger partial charge in [0.15, 0.2) is 0 Å². The van der Waals surface area contributed by atoms with Gasteiger partial charge >= 0.3 is 11.8 Å². The van der Waals surface area contributed by atoms with E-state index in [-0.39, 0.29) is 11.7 Å². The number of aryl methyl sites for hydroxylation is 1. The summed E-state index contributed by atoms with van der Waals surface area (Å²) in [4.78, 5) is 38.8. The highest BCUT2D eigenvalue weighted by Gasteiger charge is 2.22. The molecule has 3 aromatic carbocycles. The van der Waals surface area contributed by atoms with Crippen LogP contribution < -0.4 is 16.1 Å². The number of halogens is 1. The number of aromatic nitrogens is 1. The standard InChI is InChI=1S/C27H25BrN4O3/c1-16-8-7-11-22(17(16)2)30-25(33)24-15-20-14-21(28)12-13-23(20)32(24)31-27(35)26(34)29-18(3)19-9-5-4-6-10-19/h4-15,18H,1-3H3,(H,29,34)(H,30,33)(H,31,35)/t18-/m0/s1. The fraction of sp³-hybridized carbons (Fsp3) is 0.148. The maximum Gasteiger partial charge on any atom is 0.328 e. The Labute approximate surface area is 211 Å². The molecule has 8 heteroatoms. The summed E-state index contributed by atoms with van der Waals surface area (Å²) >= 11 is 3.44. The van der Waals surface area contributed by atoms with E-state index in [0.29, 0.717) is 11.2 Å². The van der Waals surface area contributed by atoms with Gasteiger partial charge in [-0.05, 0) is 67.8 Å². The molecule has 35 heavy (non-hydrogen) atoms. The predicted molar refractivity (Wildman–Crippen MR) is 141 cm³/mol. The third-order valence-electron chi connectivity index (χ3n) is 5.92. The van der Waals surface area contributed by atoms with E-state index < -0.39 is 17.7 Å². The van der Waals surface area contributed by atoms with Crippen molar-refractivity contribution in [1.82, 2.24) is 9.99 Å². The third-order valence-corrected chi connectivity index (χ3v) is 6.41. The molecule has 1 aromatic heterocycles. The highest BCUT2D eigenvalue weighted by atomic mass is 79.9. The van der Waals surface area contributed by atoms with Crippen molar-refractivity contribution in [2.45, 2.75) is 26.8 Å². The van der Waals surface area contributed by atoms with Gasteiger partial charge in [-0.2, -0.15) is 0 Å². The SMILES string of the molecule is Cc1cccc(NC(=O)c2cc3cc(Br)ccc3n2NC(=O)C(=O)N[C@@H](C)c2ccccc2)c1C. The summed E-state index contributed by atoms with van der Waals surface area (Å²) in [6, 6.07) is 21.7. The Balaban J connectivity index is 1.61. The molecule has 3 amide bonds. The van der Waals surface area contributed by atoms with Crippen LogP contribution in [0.3, 0.4) is 0 Å². The van der Waals surface area contributed by atoms with E-state index in [1.165, 1.54) is 4.68 Å². The van der Waals surface area contributed by atoms with Gasteiger partial charge in [-0.1, -0.05) is 58.4 Å². The molecule has 0 saturated carbocycles. The molecule has 0 unspecified atom stereocenters. The molecule has 0 aliphatic carbocycles. The lowest BCUT2D eigenvalue weighted by Crippen LogP contribution is -2.40. The summed E-state index contributed by atoms with van der Waals surface area (Å²) in [5, 5.41) is 6.34. The van der Waals surface area contributed by atoms with Crippen molar-refractivity contribution in [3.8, 4) is 0 Å². The van der Waals surface area contributed by atoms with Crippen LogP contribution in [0, 0.1) is 13.8 Å². The van der Waals surface area contributed by atoms with E-state index in [1.54, 1.807) is 25.1 Å². The van der Waals surface area contributed by atoms with E-state index in [9.17, 15) is 14.4 Å². The minimum Gasteiger partial charge on any atom is -0.341 e. The van der Waals surface area contributed by atoms with E-state index in [1.807, 2.05) is 68.4 Å². The molecule has 4 rings (SSSR count). The number of nitrogens with zero attached hydrogens (tertiary/aromatic N) is 1. The maximum absolute atomic E-state index is 13.3. The van der Waals surface area contributed by atoms with Crippen molar-refractivity contribution < 1.29 is 14.4 Å². The number of carbonyl (C=O) groups excluding carboxylic acids is 3. The average Bonchev–Trinajstić information content (AvgIpc) is 3.19. The van der Waals surface area contributed by atoms with Crippen LogP contribution in [0.15, 0.2) is 77.3 Å². The first-order valence-electron chi connectivity index (χ1n) is 11.1. The largest absolute Gasteiger partial charge is 0.341 e. The van der Waals surface area contributed by atoms with Crippen LogP contribution in [-0.2, 0) is 9.59 Å². The Morgan fingerprint density at radius 1 is 0.886 bits per heavy atom. The molecule has 0 aliphatic heterocycles. The Bertz CT molecular complexity index is 1430. The molecule has 1 atom stereocenters. The zero-order chi connectivity index (χ0) is 25.1. The molecule has 178 valence electrons. The number of nitrogens with one attached hydrogen (secondary N) is 3. The second-order valence-corrected chi connectivity index (χ2v) is 9.23. The van der Waals surface area contributed by atoms with E-state index in [2.05, 4.69) is 32.0 Å². The van der Waals surface area contributed by atoms with Gasteiger partial charge < -0.3 is 10.6 Å². The van der Waals surface area contributed by atoms with Crippen molar-refractivity contribution in [2.24, 2.45) is 0 Å². The molecule has 0 aliphatic rings. The number of hydrogen-bond donors (Lipinski definition) is 3. The van der Waals surface area contributed by atoms with Crippen LogP contribution in [0.5, 0.6) is 0 Å². The quantitative estimate of drug-likeness (QED) is 0.307. The zero-order valence-corrected chi connectivity index (χ0v) is 21.1. The number of rotatable bonds is 5. The summed E-state index contributed by atoms with van der Waals surface area (Å²) in [6.07, 6.45) is 0.